The highest BCUT2D eigenvalue weighted by atomic mass is 32.2. The number of hydrogen-bond donors (Lipinski definition) is 3. The summed E-state index contributed by atoms with van der Waals surface area (Å²) in [5, 5.41) is 5.99. The van der Waals surface area contributed by atoms with Gasteiger partial charge in [0, 0.05) is 11.6 Å². The van der Waals surface area contributed by atoms with E-state index >= 15 is 0 Å². The number of rotatable bonds is 5. The lowest BCUT2D eigenvalue weighted by atomic mass is 9.88. The number of carbonyl (C=O) groups excluding carboxylic acids is 1. The average Bonchev–Trinajstić information content (AvgIpc) is 2.29. The summed E-state index contributed by atoms with van der Waals surface area (Å²) in [6, 6.07) is 5.19. The number of benzene rings is 1. The Labute approximate surface area is 125 Å². The molecule has 0 aliphatic carbocycles. The van der Waals surface area contributed by atoms with Crippen LogP contribution in [-0.4, -0.2) is 33.7 Å². The molecule has 6 nitrogen and oxygen atoms in total. The summed E-state index contributed by atoms with van der Waals surface area (Å²) >= 11 is 0. The molecule has 0 aromatic heterocycles. The maximum Gasteiger partial charge on any atom is 0.229 e. The fourth-order valence-electron chi connectivity index (χ4n) is 2.14. The van der Waals surface area contributed by atoms with Gasteiger partial charge < -0.3 is 10.6 Å². The van der Waals surface area contributed by atoms with Gasteiger partial charge in [-0.15, -0.1) is 0 Å². The zero-order valence-electron chi connectivity index (χ0n) is 12.4. The Morgan fingerprint density at radius 1 is 1.38 bits per heavy atom. The van der Waals surface area contributed by atoms with E-state index in [1.54, 1.807) is 18.2 Å². The fourth-order valence-corrected chi connectivity index (χ4v) is 2.76. The monoisotopic (exact) mass is 311 g/mol. The number of aryl methyl sites for hydroxylation is 1. The number of anilines is 2. The summed E-state index contributed by atoms with van der Waals surface area (Å²) in [5.74, 6) is 0.249. The minimum atomic E-state index is -3.34. The minimum absolute atomic E-state index is 0.0457. The SMILES string of the molecule is Cc1ccc(NC(=O)C(C)C2CNC2)cc1NS(C)(=O)=O. The molecule has 1 aromatic carbocycles. The van der Waals surface area contributed by atoms with Gasteiger partial charge in [0.05, 0.1) is 11.9 Å². The minimum Gasteiger partial charge on any atom is -0.326 e. The molecule has 0 saturated carbocycles. The molecular formula is C14H21N3O3S. The lowest BCUT2D eigenvalue weighted by molar-refractivity contribution is -0.121. The Kier molecular flexibility index (Phi) is 4.53. The first-order valence-electron chi connectivity index (χ1n) is 6.86. The molecule has 1 fully saturated rings. The molecule has 0 spiro atoms. The largest absolute Gasteiger partial charge is 0.326 e. The van der Waals surface area contributed by atoms with Crippen molar-refractivity contribution in [3.05, 3.63) is 23.8 Å². The zero-order chi connectivity index (χ0) is 15.6. The van der Waals surface area contributed by atoms with E-state index in [-0.39, 0.29) is 11.8 Å². The molecule has 1 aromatic rings. The highest BCUT2D eigenvalue weighted by molar-refractivity contribution is 7.92. The predicted octanol–water partition coefficient (Wildman–Crippen LogP) is 1.16. The Hall–Kier alpha value is -1.60. The van der Waals surface area contributed by atoms with E-state index < -0.39 is 10.0 Å². The normalized spacial score (nSPS) is 16.9. The molecule has 7 heteroatoms. The molecule has 1 unspecified atom stereocenters. The molecule has 3 N–H and O–H groups in total. The first-order valence-corrected chi connectivity index (χ1v) is 8.75. The van der Waals surface area contributed by atoms with Crippen molar-refractivity contribution in [3.8, 4) is 0 Å². The first-order chi connectivity index (χ1) is 9.76. The molecule has 1 amide bonds. The van der Waals surface area contributed by atoms with Gasteiger partial charge in [-0.2, -0.15) is 0 Å². The Morgan fingerprint density at radius 2 is 2.05 bits per heavy atom. The van der Waals surface area contributed by atoms with Crippen LogP contribution in [0.25, 0.3) is 0 Å². The van der Waals surface area contributed by atoms with E-state index in [1.165, 1.54) is 0 Å². The van der Waals surface area contributed by atoms with Gasteiger partial charge in [0.15, 0.2) is 0 Å². The van der Waals surface area contributed by atoms with Gasteiger partial charge in [0.25, 0.3) is 0 Å². The van der Waals surface area contributed by atoms with Crippen LogP contribution in [0.1, 0.15) is 12.5 Å². The van der Waals surface area contributed by atoms with Crippen molar-refractivity contribution in [2.75, 3.05) is 29.4 Å². The first kappa shape index (κ1) is 15.8. The molecule has 2 rings (SSSR count). The summed E-state index contributed by atoms with van der Waals surface area (Å²) in [5.41, 5.74) is 1.87. The molecule has 1 saturated heterocycles. The Bertz CT molecular complexity index is 639. The third-order valence-electron chi connectivity index (χ3n) is 3.73. The van der Waals surface area contributed by atoms with Crippen molar-refractivity contribution in [1.82, 2.24) is 5.32 Å². The van der Waals surface area contributed by atoms with Crippen LogP contribution in [0.4, 0.5) is 11.4 Å². The van der Waals surface area contributed by atoms with Gasteiger partial charge >= 0.3 is 0 Å². The molecule has 0 radical (unpaired) electrons. The standard InChI is InChI=1S/C14H21N3O3S/c1-9-4-5-12(6-13(9)17-21(3,19)20)16-14(18)10(2)11-7-15-8-11/h4-6,10-11,15,17H,7-8H2,1-3H3,(H,16,18). The predicted molar refractivity (Wildman–Crippen MR) is 83.8 cm³/mol. The van der Waals surface area contributed by atoms with Crippen molar-refractivity contribution in [1.29, 1.82) is 0 Å². The Balaban J connectivity index is 2.09. The molecule has 1 heterocycles. The highest BCUT2D eigenvalue weighted by Gasteiger charge is 2.28. The van der Waals surface area contributed by atoms with Crippen LogP contribution in [0.15, 0.2) is 18.2 Å². The zero-order valence-corrected chi connectivity index (χ0v) is 13.3. The van der Waals surface area contributed by atoms with Crippen LogP contribution in [-0.2, 0) is 14.8 Å². The van der Waals surface area contributed by atoms with E-state index in [4.69, 9.17) is 0 Å². The molecular weight excluding hydrogens is 290 g/mol. The van der Waals surface area contributed by atoms with Gasteiger partial charge in [0.1, 0.15) is 0 Å². The number of nitrogens with one attached hydrogen (secondary N) is 3. The van der Waals surface area contributed by atoms with Gasteiger partial charge in [-0.05, 0) is 43.6 Å². The van der Waals surface area contributed by atoms with Gasteiger partial charge in [0.2, 0.25) is 15.9 Å². The second-order valence-corrected chi connectivity index (χ2v) is 7.35. The van der Waals surface area contributed by atoms with Crippen LogP contribution < -0.4 is 15.4 Å². The number of hydrogen-bond acceptors (Lipinski definition) is 4. The molecule has 1 atom stereocenters. The molecule has 21 heavy (non-hydrogen) atoms. The van der Waals surface area contributed by atoms with Gasteiger partial charge in [-0.25, -0.2) is 8.42 Å². The van der Waals surface area contributed by atoms with Gasteiger partial charge in [-0.3, -0.25) is 9.52 Å². The van der Waals surface area contributed by atoms with Crippen LogP contribution in [0.3, 0.4) is 0 Å². The third kappa shape index (κ3) is 4.18. The lowest BCUT2D eigenvalue weighted by Gasteiger charge is -2.31. The van der Waals surface area contributed by atoms with E-state index in [9.17, 15) is 13.2 Å². The highest BCUT2D eigenvalue weighted by Crippen LogP contribution is 2.23. The second kappa shape index (κ2) is 6.03. The maximum absolute atomic E-state index is 12.2. The van der Waals surface area contributed by atoms with Crippen molar-refractivity contribution in [3.63, 3.8) is 0 Å². The molecule has 0 bridgehead atoms. The number of sulfonamides is 1. The van der Waals surface area contributed by atoms with Crippen molar-refractivity contribution < 1.29 is 13.2 Å². The maximum atomic E-state index is 12.2. The van der Waals surface area contributed by atoms with E-state index in [2.05, 4.69) is 15.4 Å². The van der Waals surface area contributed by atoms with Crippen LogP contribution in [0.2, 0.25) is 0 Å². The van der Waals surface area contributed by atoms with Gasteiger partial charge in [-0.1, -0.05) is 13.0 Å². The quantitative estimate of drug-likeness (QED) is 0.761. The summed E-state index contributed by atoms with van der Waals surface area (Å²) in [7, 11) is -3.34. The van der Waals surface area contributed by atoms with E-state index in [1.807, 2.05) is 13.8 Å². The molecule has 1 aliphatic rings. The van der Waals surface area contributed by atoms with Crippen LogP contribution in [0, 0.1) is 18.8 Å². The van der Waals surface area contributed by atoms with Crippen molar-refractivity contribution >= 4 is 27.3 Å². The third-order valence-corrected chi connectivity index (χ3v) is 4.32. The summed E-state index contributed by atoms with van der Waals surface area (Å²) < 4.78 is 25.1. The fraction of sp³-hybridized carbons (Fsp3) is 0.500. The topological polar surface area (TPSA) is 87.3 Å². The smallest absolute Gasteiger partial charge is 0.229 e. The molecule has 1 aliphatic heterocycles. The summed E-state index contributed by atoms with van der Waals surface area (Å²) in [6.45, 7) is 5.44. The Morgan fingerprint density at radius 3 is 2.57 bits per heavy atom. The number of amides is 1. The second-order valence-electron chi connectivity index (χ2n) is 5.60. The molecule has 116 valence electrons. The average molecular weight is 311 g/mol. The van der Waals surface area contributed by atoms with E-state index in [0.29, 0.717) is 17.3 Å². The van der Waals surface area contributed by atoms with E-state index in [0.717, 1.165) is 24.9 Å². The van der Waals surface area contributed by atoms with Crippen molar-refractivity contribution in [2.45, 2.75) is 13.8 Å². The summed E-state index contributed by atoms with van der Waals surface area (Å²) in [6.07, 6.45) is 1.10. The number of carbonyl (C=O) groups is 1. The lowest BCUT2D eigenvalue weighted by Crippen LogP contribution is -2.48. The van der Waals surface area contributed by atoms with Crippen LogP contribution in [0.5, 0.6) is 0 Å². The summed E-state index contributed by atoms with van der Waals surface area (Å²) in [4.78, 5) is 12.2. The van der Waals surface area contributed by atoms with Crippen LogP contribution >= 0.6 is 0 Å². The van der Waals surface area contributed by atoms with Crippen molar-refractivity contribution in [2.24, 2.45) is 11.8 Å².